The van der Waals surface area contributed by atoms with Crippen LogP contribution in [0.4, 0.5) is 4.39 Å². The van der Waals surface area contributed by atoms with Crippen molar-refractivity contribution in [3.8, 4) is 11.3 Å². The molecular weight excluding hydrogens is 319 g/mol. The average Bonchev–Trinajstić information content (AvgIpc) is 3.11. The van der Waals surface area contributed by atoms with Crippen molar-refractivity contribution in [3.05, 3.63) is 83.8 Å². The van der Waals surface area contributed by atoms with Gasteiger partial charge in [-0.2, -0.15) is 5.10 Å². The zero-order chi connectivity index (χ0) is 17.8. The summed E-state index contributed by atoms with van der Waals surface area (Å²) >= 11 is 0. The fourth-order valence-electron chi connectivity index (χ4n) is 2.23. The van der Waals surface area contributed by atoms with Gasteiger partial charge in [-0.3, -0.25) is 20.7 Å². The molecule has 0 aliphatic rings. The summed E-state index contributed by atoms with van der Waals surface area (Å²) in [4.78, 5) is 12.2. The van der Waals surface area contributed by atoms with Gasteiger partial charge in [0, 0.05) is 5.56 Å². The summed E-state index contributed by atoms with van der Waals surface area (Å²) in [5, 5.41) is 6.74. The first kappa shape index (κ1) is 16.4. The number of amides is 1. The molecule has 0 atom stereocenters. The second kappa shape index (κ2) is 7.00. The van der Waals surface area contributed by atoms with Gasteiger partial charge in [-0.15, -0.1) is 0 Å². The first-order valence-corrected chi connectivity index (χ1v) is 7.66. The third-order valence-corrected chi connectivity index (χ3v) is 3.69. The minimum absolute atomic E-state index is 0.281. The van der Waals surface area contributed by atoms with E-state index >= 15 is 0 Å². The Hall–Kier alpha value is -3.41. The van der Waals surface area contributed by atoms with Gasteiger partial charge in [0.25, 0.3) is 5.91 Å². The Labute approximate surface area is 144 Å². The zero-order valence-corrected chi connectivity index (χ0v) is 13.6. The monoisotopic (exact) mass is 336 g/mol. The number of H-pyrrole nitrogens is 1. The molecule has 0 saturated carbocycles. The Bertz CT molecular complexity index is 898. The summed E-state index contributed by atoms with van der Waals surface area (Å²) < 4.78 is 13.0. The van der Waals surface area contributed by atoms with Gasteiger partial charge in [0.2, 0.25) is 0 Å². The highest BCUT2D eigenvalue weighted by Gasteiger charge is 2.11. The second-order valence-electron chi connectivity index (χ2n) is 5.60. The van der Waals surface area contributed by atoms with E-state index < -0.39 is 0 Å². The number of halogens is 1. The van der Waals surface area contributed by atoms with Crippen molar-refractivity contribution in [2.24, 2.45) is 0 Å². The molecule has 3 rings (SSSR count). The molecule has 0 unspecified atom stereocenters. The van der Waals surface area contributed by atoms with Crippen LogP contribution in [0.25, 0.3) is 17.0 Å². The van der Waals surface area contributed by atoms with Crippen molar-refractivity contribution >= 4 is 11.6 Å². The van der Waals surface area contributed by atoms with Gasteiger partial charge >= 0.3 is 0 Å². The normalized spacial score (nSPS) is 10.3. The summed E-state index contributed by atoms with van der Waals surface area (Å²) in [6, 6.07) is 15.3. The summed E-state index contributed by atoms with van der Waals surface area (Å²) in [5.74, 6) is -0.704. The Morgan fingerprint density at radius 3 is 2.44 bits per heavy atom. The number of nitrogens with zero attached hydrogens (tertiary/aromatic N) is 1. The Morgan fingerprint density at radius 1 is 1.08 bits per heavy atom. The zero-order valence-electron chi connectivity index (χ0n) is 13.6. The number of carbonyl (C=O) groups is 1. The number of hydrogen-bond acceptors (Lipinski definition) is 3. The molecule has 0 aliphatic carbocycles. The molecule has 0 fully saturated rings. The van der Waals surface area contributed by atoms with Crippen LogP contribution in [0.5, 0.6) is 0 Å². The van der Waals surface area contributed by atoms with Crippen LogP contribution in [0.1, 0.15) is 21.6 Å². The van der Waals surface area contributed by atoms with Crippen molar-refractivity contribution < 1.29 is 9.18 Å². The SMILES string of the molecule is C=C(NNC(=O)c1cc(-c2ccc(F)cc2)n[nH]1)c1ccc(C)cc1. The highest BCUT2D eigenvalue weighted by molar-refractivity contribution is 5.93. The van der Waals surface area contributed by atoms with Crippen LogP contribution in [0.3, 0.4) is 0 Å². The molecule has 1 aromatic heterocycles. The summed E-state index contributed by atoms with van der Waals surface area (Å²) in [6.45, 7) is 5.89. The molecule has 0 aliphatic heterocycles. The number of aryl methyl sites for hydroxylation is 1. The van der Waals surface area contributed by atoms with Crippen molar-refractivity contribution in [1.29, 1.82) is 0 Å². The van der Waals surface area contributed by atoms with Gasteiger partial charge in [0.05, 0.1) is 11.4 Å². The predicted octanol–water partition coefficient (Wildman–Crippen LogP) is 3.43. The quantitative estimate of drug-likeness (QED) is 0.625. The number of benzene rings is 2. The molecule has 126 valence electrons. The van der Waals surface area contributed by atoms with Crippen LogP contribution in [-0.2, 0) is 0 Å². The summed E-state index contributed by atoms with van der Waals surface area (Å²) in [6.07, 6.45) is 0. The lowest BCUT2D eigenvalue weighted by Crippen LogP contribution is -2.36. The molecule has 3 N–H and O–H groups in total. The molecule has 5 nitrogen and oxygen atoms in total. The van der Waals surface area contributed by atoms with E-state index in [1.54, 1.807) is 18.2 Å². The van der Waals surface area contributed by atoms with Crippen LogP contribution in [0, 0.1) is 12.7 Å². The second-order valence-corrected chi connectivity index (χ2v) is 5.60. The minimum atomic E-state index is -0.380. The standard InChI is InChI=1S/C19H17FN4O/c1-12-3-5-14(6-4-12)13(2)21-24-19(25)18-11-17(22-23-18)15-7-9-16(20)10-8-15/h3-11,21H,2H2,1H3,(H,22,23)(H,24,25). The predicted molar refractivity (Wildman–Crippen MR) is 94.8 cm³/mol. The molecule has 6 heteroatoms. The molecule has 3 aromatic rings. The van der Waals surface area contributed by atoms with Crippen molar-refractivity contribution in [2.75, 3.05) is 0 Å². The molecule has 0 saturated heterocycles. The lowest BCUT2D eigenvalue weighted by atomic mass is 10.1. The number of nitrogens with one attached hydrogen (secondary N) is 3. The molecule has 25 heavy (non-hydrogen) atoms. The van der Waals surface area contributed by atoms with Gasteiger partial charge in [-0.05, 0) is 42.8 Å². The van der Waals surface area contributed by atoms with E-state index in [4.69, 9.17) is 0 Å². The Morgan fingerprint density at radius 2 is 1.76 bits per heavy atom. The fourth-order valence-corrected chi connectivity index (χ4v) is 2.23. The maximum Gasteiger partial charge on any atom is 0.287 e. The van der Waals surface area contributed by atoms with E-state index in [1.807, 2.05) is 31.2 Å². The fraction of sp³-hybridized carbons (Fsp3) is 0.0526. The van der Waals surface area contributed by atoms with E-state index in [0.717, 1.165) is 11.1 Å². The molecule has 2 aromatic carbocycles. The summed E-state index contributed by atoms with van der Waals surface area (Å²) in [5.41, 5.74) is 9.50. The van der Waals surface area contributed by atoms with E-state index in [9.17, 15) is 9.18 Å². The smallest absolute Gasteiger partial charge is 0.287 e. The Kier molecular flexibility index (Phi) is 4.61. The third kappa shape index (κ3) is 3.92. The maximum absolute atomic E-state index is 13.0. The van der Waals surface area contributed by atoms with E-state index in [0.29, 0.717) is 17.0 Å². The maximum atomic E-state index is 13.0. The number of rotatable bonds is 5. The molecule has 0 spiro atoms. The lowest BCUT2D eigenvalue weighted by molar-refractivity contribution is 0.0937. The molecule has 0 bridgehead atoms. The molecule has 0 radical (unpaired) electrons. The van der Waals surface area contributed by atoms with Crippen molar-refractivity contribution in [2.45, 2.75) is 6.92 Å². The van der Waals surface area contributed by atoms with Gasteiger partial charge < -0.3 is 0 Å². The lowest BCUT2D eigenvalue weighted by Gasteiger charge is -2.10. The van der Waals surface area contributed by atoms with Crippen molar-refractivity contribution in [1.82, 2.24) is 21.0 Å². The Balaban J connectivity index is 1.63. The first-order chi connectivity index (χ1) is 12.0. The van der Waals surface area contributed by atoms with Crippen LogP contribution in [-0.4, -0.2) is 16.1 Å². The number of hydrogen-bond donors (Lipinski definition) is 3. The van der Waals surface area contributed by atoms with Gasteiger partial charge in [-0.25, -0.2) is 4.39 Å². The summed E-state index contributed by atoms with van der Waals surface area (Å²) in [7, 11) is 0. The van der Waals surface area contributed by atoms with Gasteiger partial charge in [-0.1, -0.05) is 36.4 Å². The number of aromatic amines is 1. The highest BCUT2D eigenvalue weighted by Crippen LogP contribution is 2.18. The molecule has 1 amide bonds. The van der Waals surface area contributed by atoms with Crippen LogP contribution >= 0.6 is 0 Å². The highest BCUT2D eigenvalue weighted by atomic mass is 19.1. The van der Waals surface area contributed by atoms with E-state index in [-0.39, 0.29) is 17.4 Å². The number of aromatic nitrogens is 2. The number of carbonyl (C=O) groups excluding carboxylic acids is 1. The first-order valence-electron chi connectivity index (χ1n) is 7.66. The van der Waals surface area contributed by atoms with Crippen LogP contribution < -0.4 is 10.9 Å². The van der Waals surface area contributed by atoms with E-state index in [1.165, 1.54) is 12.1 Å². The number of hydrazine groups is 1. The van der Waals surface area contributed by atoms with Gasteiger partial charge in [0.1, 0.15) is 11.5 Å². The topological polar surface area (TPSA) is 69.8 Å². The third-order valence-electron chi connectivity index (χ3n) is 3.69. The van der Waals surface area contributed by atoms with Crippen LogP contribution in [0.2, 0.25) is 0 Å². The van der Waals surface area contributed by atoms with Crippen molar-refractivity contribution in [3.63, 3.8) is 0 Å². The van der Waals surface area contributed by atoms with Crippen LogP contribution in [0.15, 0.2) is 61.2 Å². The largest absolute Gasteiger partial charge is 0.298 e. The average molecular weight is 336 g/mol. The van der Waals surface area contributed by atoms with E-state index in [2.05, 4.69) is 27.6 Å². The minimum Gasteiger partial charge on any atom is -0.298 e. The molecule has 1 heterocycles. The molecular formula is C19H17FN4O. The van der Waals surface area contributed by atoms with Gasteiger partial charge in [0.15, 0.2) is 0 Å².